The molecule has 1 saturated carbocycles. The van der Waals surface area contributed by atoms with Crippen LogP contribution in [0.3, 0.4) is 0 Å². The molecule has 0 saturated heterocycles. The molecule has 0 bridgehead atoms. The molecule has 0 amide bonds. The Hall–Kier alpha value is -0.420. The minimum atomic E-state index is -3.07. The van der Waals surface area contributed by atoms with Crippen molar-refractivity contribution in [3.8, 4) is 0 Å². The van der Waals surface area contributed by atoms with Gasteiger partial charge in [0.2, 0.25) is 0 Å². The van der Waals surface area contributed by atoms with Gasteiger partial charge < -0.3 is 5.32 Å². The summed E-state index contributed by atoms with van der Waals surface area (Å²) in [5.74, 6) is 0.714. The van der Waals surface area contributed by atoms with E-state index in [1.807, 2.05) is 0 Å². The Bertz CT molecular complexity index is 331. The fourth-order valence-electron chi connectivity index (χ4n) is 1.32. The molecule has 0 aromatic rings. The smallest absolute Gasteiger partial charge is 0.153 e. The first kappa shape index (κ1) is 13.6. The van der Waals surface area contributed by atoms with E-state index in [0.717, 1.165) is 12.5 Å². The number of Topliss-reactive ketones (excluding diaryl/α,β-unsaturated/α-hetero) is 1. The molecule has 4 nitrogen and oxygen atoms in total. The third-order valence-corrected chi connectivity index (χ3v) is 5.05. The van der Waals surface area contributed by atoms with Crippen LogP contribution in [0, 0.1) is 5.92 Å². The second-order valence-electron chi connectivity index (χ2n) is 4.78. The predicted octanol–water partition coefficient (Wildman–Crippen LogP) is 0.768. The van der Waals surface area contributed by atoms with Crippen molar-refractivity contribution in [2.75, 3.05) is 18.8 Å². The lowest BCUT2D eigenvalue weighted by Gasteiger charge is -2.07. The van der Waals surface area contributed by atoms with Gasteiger partial charge in [-0.3, -0.25) is 4.79 Å². The first-order chi connectivity index (χ1) is 7.42. The molecule has 0 atom stereocenters. The zero-order chi connectivity index (χ0) is 12.2. The van der Waals surface area contributed by atoms with Gasteiger partial charge in [0.1, 0.15) is 5.78 Å². The lowest BCUT2D eigenvalue weighted by Crippen LogP contribution is -2.27. The van der Waals surface area contributed by atoms with E-state index in [-0.39, 0.29) is 23.2 Å². The summed E-state index contributed by atoms with van der Waals surface area (Å²) in [5.41, 5.74) is 0. The van der Waals surface area contributed by atoms with Crippen molar-refractivity contribution in [3.63, 3.8) is 0 Å². The van der Waals surface area contributed by atoms with Gasteiger partial charge in [0.15, 0.2) is 9.84 Å². The van der Waals surface area contributed by atoms with Crippen LogP contribution in [0.15, 0.2) is 0 Å². The van der Waals surface area contributed by atoms with Crippen LogP contribution >= 0.6 is 0 Å². The summed E-state index contributed by atoms with van der Waals surface area (Å²) in [7, 11) is -3.07. The molecule has 0 unspecified atom stereocenters. The predicted molar refractivity (Wildman–Crippen MR) is 64.1 cm³/mol. The second-order valence-corrected chi connectivity index (χ2v) is 7.46. The molecule has 1 aliphatic carbocycles. The van der Waals surface area contributed by atoms with E-state index in [1.165, 1.54) is 12.8 Å². The van der Waals surface area contributed by atoms with Crippen LogP contribution in [-0.4, -0.2) is 38.3 Å². The highest BCUT2D eigenvalue weighted by Gasteiger charge is 2.21. The van der Waals surface area contributed by atoms with Crippen molar-refractivity contribution in [1.29, 1.82) is 0 Å². The zero-order valence-corrected chi connectivity index (χ0v) is 10.8. The van der Waals surface area contributed by atoms with Gasteiger partial charge in [-0.15, -0.1) is 0 Å². The average Bonchev–Trinajstić information content (AvgIpc) is 2.98. The topological polar surface area (TPSA) is 63.2 Å². The van der Waals surface area contributed by atoms with Gasteiger partial charge in [-0.05, 0) is 39.2 Å². The third kappa shape index (κ3) is 5.07. The number of hydrogen-bond donors (Lipinski definition) is 1. The Kier molecular flexibility index (Phi) is 4.92. The standard InChI is InChI=1S/C11H21NO3S/c1-9(2)16(14,15)6-5-11(13)8-12-7-10-3-4-10/h9-10,12H,3-8H2,1-2H3. The molecule has 0 spiro atoms. The summed E-state index contributed by atoms with van der Waals surface area (Å²) in [4.78, 5) is 11.4. The van der Waals surface area contributed by atoms with Gasteiger partial charge in [-0.25, -0.2) is 8.42 Å². The van der Waals surface area contributed by atoms with E-state index in [0.29, 0.717) is 6.54 Å². The maximum atomic E-state index is 11.5. The largest absolute Gasteiger partial charge is 0.310 e. The van der Waals surface area contributed by atoms with Gasteiger partial charge >= 0.3 is 0 Å². The van der Waals surface area contributed by atoms with Crippen LogP contribution in [-0.2, 0) is 14.6 Å². The molecule has 0 heterocycles. The summed E-state index contributed by atoms with van der Waals surface area (Å²) < 4.78 is 22.9. The molecular formula is C11H21NO3S. The zero-order valence-electron chi connectivity index (χ0n) is 10.0. The van der Waals surface area contributed by atoms with Crippen LogP contribution < -0.4 is 5.32 Å². The first-order valence-corrected chi connectivity index (χ1v) is 7.57. The monoisotopic (exact) mass is 247 g/mol. The highest BCUT2D eigenvalue weighted by Crippen LogP contribution is 2.27. The second kappa shape index (κ2) is 5.77. The number of nitrogens with one attached hydrogen (secondary N) is 1. The molecule has 0 radical (unpaired) electrons. The Balaban J connectivity index is 2.13. The van der Waals surface area contributed by atoms with E-state index in [2.05, 4.69) is 5.32 Å². The number of rotatable bonds is 8. The number of ketones is 1. The van der Waals surface area contributed by atoms with Crippen molar-refractivity contribution in [2.45, 2.75) is 38.4 Å². The molecule has 94 valence electrons. The van der Waals surface area contributed by atoms with Gasteiger partial charge in [0.25, 0.3) is 0 Å². The molecule has 0 aromatic heterocycles. The molecule has 5 heteroatoms. The molecule has 0 aliphatic heterocycles. The van der Waals surface area contributed by atoms with E-state index in [1.54, 1.807) is 13.8 Å². The quantitative estimate of drug-likeness (QED) is 0.688. The fourth-order valence-corrected chi connectivity index (χ4v) is 2.30. The van der Waals surface area contributed by atoms with Crippen LogP contribution in [0.4, 0.5) is 0 Å². The van der Waals surface area contributed by atoms with E-state index in [9.17, 15) is 13.2 Å². The van der Waals surface area contributed by atoms with Gasteiger partial charge in [-0.1, -0.05) is 0 Å². The Labute approximate surface area is 97.7 Å². The lowest BCUT2D eigenvalue weighted by atomic mass is 10.3. The molecule has 1 N–H and O–H groups in total. The molecule has 0 aromatic carbocycles. The summed E-state index contributed by atoms with van der Waals surface area (Å²) in [6.45, 7) is 4.49. The molecule has 1 aliphatic rings. The van der Waals surface area contributed by atoms with Crippen molar-refractivity contribution < 1.29 is 13.2 Å². The van der Waals surface area contributed by atoms with E-state index < -0.39 is 9.84 Å². The van der Waals surface area contributed by atoms with E-state index in [4.69, 9.17) is 0 Å². The lowest BCUT2D eigenvalue weighted by molar-refractivity contribution is -0.117. The van der Waals surface area contributed by atoms with Crippen LogP contribution in [0.2, 0.25) is 0 Å². The Morgan fingerprint density at radius 2 is 2.00 bits per heavy atom. The molecule has 1 rings (SSSR count). The Morgan fingerprint density at radius 1 is 1.38 bits per heavy atom. The summed E-state index contributed by atoms with van der Waals surface area (Å²) in [5, 5.41) is 2.68. The average molecular weight is 247 g/mol. The van der Waals surface area contributed by atoms with Crippen LogP contribution in [0.25, 0.3) is 0 Å². The minimum Gasteiger partial charge on any atom is -0.310 e. The van der Waals surface area contributed by atoms with E-state index >= 15 is 0 Å². The van der Waals surface area contributed by atoms with Crippen LogP contribution in [0.5, 0.6) is 0 Å². The maximum Gasteiger partial charge on any atom is 0.153 e. The highest BCUT2D eigenvalue weighted by molar-refractivity contribution is 7.91. The normalized spacial score (nSPS) is 16.7. The summed E-state index contributed by atoms with van der Waals surface area (Å²) >= 11 is 0. The first-order valence-electron chi connectivity index (χ1n) is 5.86. The van der Waals surface area contributed by atoms with Crippen LogP contribution in [0.1, 0.15) is 33.1 Å². The highest BCUT2D eigenvalue weighted by atomic mass is 32.2. The van der Waals surface area contributed by atoms with Gasteiger partial charge in [-0.2, -0.15) is 0 Å². The molecular weight excluding hydrogens is 226 g/mol. The van der Waals surface area contributed by atoms with Crippen molar-refractivity contribution >= 4 is 15.6 Å². The molecule has 16 heavy (non-hydrogen) atoms. The van der Waals surface area contributed by atoms with Crippen molar-refractivity contribution in [3.05, 3.63) is 0 Å². The number of hydrogen-bond acceptors (Lipinski definition) is 4. The van der Waals surface area contributed by atoms with Crippen molar-refractivity contribution in [2.24, 2.45) is 5.92 Å². The minimum absolute atomic E-state index is 0.00937. The number of sulfone groups is 1. The van der Waals surface area contributed by atoms with Crippen molar-refractivity contribution in [1.82, 2.24) is 5.32 Å². The number of carbonyl (C=O) groups excluding carboxylic acids is 1. The molecule has 1 fully saturated rings. The SMILES string of the molecule is CC(C)S(=O)(=O)CCC(=O)CNCC1CC1. The summed E-state index contributed by atoms with van der Waals surface area (Å²) in [6, 6.07) is 0. The third-order valence-electron chi connectivity index (χ3n) is 2.84. The fraction of sp³-hybridized carbons (Fsp3) is 0.909. The maximum absolute atomic E-state index is 11.5. The Morgan fingerprint density at radius 3 is 2.50 bits per heavy atom. The number of carbonyl (C=O) groups is 1. The van der Waals surface area contributed by atoms with Gasteiger partial charge in [0.05, 0.1) is 17.5 Å². The van der Waals surface area contributed by atoms with Gasteiger partial charge in [0, 0.05) is 6.42 Å². The summed E-state index contributed by atoms with van der Waals surface area (Å²) in [6.07, 6.45) is 2.64.